The van der Waals surface area contributed by atoms with Gasteiger partial charge in [0.15, 0.2) is 0 Å². The number of amides is 1. The van der Waals surface area contributed by atoms with Gasteiger partial charge in [0.05, 0.1) is 13.2 Å². The second-order valence-electron chi connectivity index (χ2n) is 8.40. The molecule has 1 atom stereocenters. The standard InChI is InChI=1S/C26H26ClNO4/c1-26(2)15-23(21-14-19(30-3)11-12-24(21)32-26)28-25(29)17-8-6-9-20(13-17)31-16-18-7-4-5-10-22(18)27/h4-14,23H,15-16H2,1-3H3,(H,28,29). The summed E-state index contributed by atoms with van der Waals surface area (Å²) in [6.45, 7) is 4.36. The lowest BCUT2D eigenvalue weighted by Gasteiger charge is -2.38. The fourth-order valence-electron chi connectivity index (χ4n) is 3.83. The summed E-state index contributed by atoms with van der Waals surface area (Å²) in [4.78, 5) is 13.1. The average Bonchev–Trinajstić information content (AvgIpc) is 2.78. The van der Waals surface area contributed by atoms with Gasteiger partial charge < -0.3 is 19.5 Å². The van der Waals surface area contributed by atoms with Gasteiger partial charge >= 0.3 is 0 Å². The Kier molecular flexibility index (Phi) is 6.28. The van der Waals surface area contributed by atoms with E-state index < -0.39 is 5.60 Å². The lowest BCUT2D eigenvalue weighted by Crippen LogP contribution is -2.41. The van der Waals surface area contributed by atoms with Crippen LogP contribution in [0.15, 0.2) is 66.7 Å². The SMILES string of the molecule is COc1ccc2c(c1)C(NC(=O)c1cccc(OCc3ccccc3Cl)c1)CC(C)(C)O2. The molecule has 0 aromatic heterocycles. The maximum atomic E-state index is 13.1. The molecule has 1 unspecified atom stereocenters. The van der Waals surface area contributed by atoms with E-state index in [0.29, 0.717) is 29.4 Å². The highest BCUT2D eigenvalue weighted by Gasteiger charge is 2.35. The number of nitrogens with one attached hydrogen (secondary N) is 1. The van der Waals surface area contributed by atoms with Crippen LogP contribution in [-0.2, 0) is 6.61 Å². The maximum Gasteiger partial charge on any atom is 0.251 e. The van der Waals surface area contributed by atoms with Crippen molar-refractivity contribution in [3.63, 3.8) is 0 Å². The molecule has 0 saturated heterocycles. The van der Waals surface area contributed by atoms with Gasteiger partial charge in [-0.1, -0.05) is 35.9 Å². The molecular formula is C26H26ClNO4. The van der Waals surface area contributed by atoms with Crippen LogP contribution in [0.25, 0.3) is 0 Å². The van der Waals surface area contributed by atoms with Gasteiger partial charge in [-0.25, -0.2) is 0 Å². The first-order valence-corrected chi connectivity index (χ1v) is 10.9. The summed E-state index contributed by atoms with van der Waals surface area (Å²) in [7, 11) is 1.62. The number of hydrogen-bond acceptors (Lipinski definition) is 4. The van der Waals surface area contributed by atoms with Crippen LogP contribution in [0.3, 0.4) is 0 Å². The molecule has 0 bridgehead atoms. The van der Waals surface area contributed by atoms with Gasteiger partial charge in [0, 0.05) is 28.1 Å². The van der Waals surface area contributed by atoms with Crippen LogP contribution in [0.5, 0.6) is 17.2 Å². The summed E-state index contributed by atoms with van der Waals surface area (Å²) in [5.74, 6) is 1.90. The number of methoxy groups -OCH3 is 1. The largest absolute Gasteiger partial charge is 0.497 e. The molecule has 1 aliphatic rings. The molecule has 0 saturated carbocycles. The second-order valence-corrected chi connectivity index (χ2v) is 8.81. The van der Waals surface area contributed by atoms with Crippen LogP contribution in [0.2, 0.25) is 5.02 Å². The number of fused-ring (bicyclic) bond motifs is 1. The number of benzene rings is 3. The summed E-state index contributed by atoms with van der Waals surface area (Å²) in [6.07, 6.45) is 0.640. The van der Waals surface area contributed by atoms with E-state index in [1.165, 1.54) is 0 Å². The van der Waals surface area contributed by atoms with Gasteiger partial charge in [-0.05, 0) is 56.3 Å². The van der Waals surface area contributed by atoms with Gasteiger partial charge in [-0.15, -0.1) is 0 Å². The van der Waals surface area contributed by atoms with E-state index >= 15 is 0 Å². The second kappa shape index (κ2) is 9.13. The first kappa shape index (κ1) is 22.0. The van der Waals surface area contributed by atoms with Crippen molar-refractivity contribution in [2.45, 2.75) is 38.5 Å². The molecule has 3 aromatic rings. The van der Waals surface area contributed by atoms with Crippen molar-refractivity contribution in [2.24, 2.45) is 0 Å². The minimum absolute atomic E-state index is 0.176. The van der Waals surface area contributed by atoms with E-state index in [1.54, 1.807) is 19.2 Å². The fraction of sp³-hybridized carbons (Fsp3) is 0.269. The number of carbonyl (C=O) groups excluding carboxylic acids is 1. The molecule has 1 aliphatic heterocycles. The maximum absolute atomic E-state index is 13.1. The highest BCUT2D eigenvalue weighted by atomic mass is 35.5. The van der Waals surface area contributed by atoms with E-state index in [1.807, 2.05) is 68.4 Å². The summed E-state index contributed by atoms with van der Waals surface area (Å²) < 4.78 is 17.3. The van der Waals surface area contributed by atoms with E-state index in [2.05, 4.69) is 5.32 Å². The Hall–Kier alpha value is -3.18. The fourth-order valence-corrected chi connectivity index (χ4v) is 4.02. The van der Waals surface area contributed by atoms with Crippen LogP contribution < -0.4 is 19.5 Å². The quantitative estimate of drug-likeness (QED) is 0.502. The molecule has 0 fully saturated rings. The normalized spacial score (nSPS) is 16.4. The van der Waals surface area contributed by atoms with Gasteiger partial charge in [-0.3, -0.25) is 4.79 Å². The molecule has 32 heavy (non-hydrogen) atoms. The Morgan fingerprint density at radius 2 is 1.91 bits per heavy atom. The molecule has 5 nitrogen and oxygen atoms in total. The Morgan fingerprint density at radius 1 is 1.09 bits per heavy atom. The van der Waals surface area contributed by atoms with Crippen molar-refractivity contribution in [3.05, 3.63) is 88.4 Å². The van der Waals surface area contributed by atoms with Crippen molar-refractivity contribution in [2.75, 3.05) is 7.11 Å². The van der Waals surface area contributed by atoms with E-state index in [9.17, 15) is 4.79 Å². The average molecular weight is 452 g/mol. The minimum Gasteiger partial charge on any atom is -0.497 e. The topological polar surface area (TPSA) is 56.8 Å². The van der Waals surface area contributed by atoms with Crippen molar-refractivity contribution in [1.29, 1.82) is 0 Å². The first-order chi connectivity index (χ1) is 15.3. The first-order valence-electron chi connectivity index (χ1n) is 10.5. The molecule has 0 radical (unpaired) electrons. The summed E-state index contributed by atoms with van der Waals surface area (Å²) >= 11 is 6.20. The van der Waals surface area contributed by atoms with Crippen LogP contribution >= 0.6 is 11.6 Å². The Bertz CT molecular complexity index is 1130. The lowest BCUT2D eigenvalue weighted by atomic mass is 9.89. The third-order valence-electron chi connectivity index (χ3n) is 5.43. The highest BCUT2D eigenvalue weighted by molar-refractivity contribution is 6.31. The van der Waals surface area contributed by atoms with Crippen molar-refractivity contribution in [1.82, 2.24) is 5.32 Å². The van der Waals surface area contributed by atoms with Crippen molar-refractivity contribution < 1.29 is 19.0 Å². The van der Waals surface area contributed by atoms with Gasteiger partial charge in [0.1, 0.15) is 29.5 Å². The third kappa shape index (κ3) is 5.00. The number of halogens is 1. The van der Waals surface area contributed by atoms with Crippen molar-refractivity contribution >= 4 is 17.5 Å². The van der Waals surface area contributed by atoms with Crippen LogP contribution in [-0.4, -0.2) is 18.6 Å². The Balaban J connectivity index is 1.50. The molecule has 1 N–H and O–H groups in total. The molecular weight excluding hydrogens is 426 g/mol. The molecule has 0 aliphatic carbocycles. The summed E-state index contributed by atoms with van der Waals surface area (Å²) in [5.41, 5.74) is 1.91. The van der Waals surface area contributed by atoms with E-state index in [4.69, 9.17) is 25.8 Å². The van der Waals surface area contributed by atoms with Crippen molar-refractivity contribution in [3.8, 4) is 17.2 Å². The smallest absolute Gasteiger partial charge is 0.251 e. The van der Waals surface area contributed by atoms with E-state index in [0.717, 1.165) is 22.6 Å². The number of hydrogen-bond donors (Lipinski definition) is 1. The monoisotopic (exact) mass is 451 g/mol. The van der Waals surface area contributed by atoms with E-state index in [-0.39, 0.29) is 11.9 Å². The third-order valence-corrected chi connectivity index (χ3v) is 5.80. The summed E-state index contributed by atoms with van der Waals surface area (Å²) in [5, 5.41) is 3.81. The van der Waals surface area contributed by atoms with Crippen LogP contribution in [0, 0.1) is 0 Å². The lowest BCUT2D eigenvalue weighted by molar-refractivity contribution is 0.0618. The molecule has 1 amide bonds. The number of carbonyl (C=O) groups is 1. The van der Waals surface area contributed by atoms with Crippen LogP contribution in [0.4, 0.5) is 0 Å². The predicted octanol–water partition coefficient (Wildman–Crippen LogP) is 5.96. The molecule has 166 valence electrons. The number of rotatable bonds is 6. The molecule has 6 heteroatoms. The molecule has 1 heterocycles. The predicted molar refractivity (Wildman–Crippen MR) is 125 cm³/mol. The van der Waals surface area contributed by atoms with Gasteiger partial charge in [0.25, 0.3) is 5.91 Å². The Labute approximate surface area is 193 Å². The zero-order valence-corrected chi connectivity index (χ0v) is 19.1. The minimum atomic E-state index is -0.403. The zero-order chi connectivity index (χ0) is 22.7. The molecule has 4 rings (SSSR count). The number of ether oxygens (including phenoxy) is 3. The highest BCUT2D eigenvalue weighted by Crippen LogP contribution is 2.41. The van der Waals surface area contributed by atoms with Crippen LogP contribution in [0.1, 0.15) is 47.8 Å². The van der Waals surface area contributed by atoms with Gasteiger partial charge in [-0.2, -0.15) is 0 Å². The summed E-state index contributed by atoms with van der Waals surface area (Å²) in [6, 6.07) is 20.1. The molecule has 0 spiro atoms. The Morgan fingerprint density at radius 3 is 2.69 bits per heavy atom. The zero-order valence-electron chi connectivity index (χ0n) is 18.4. The molecule has 3 aromatic carbocycles. The van der Waals surface area contributed by atoms with Gasteiger partial charge in [0.2, 0.25) is 0 Å².